The number of carbonyl (C=O) groups is 1. The van der Waals surface area contributed by atoms with E-state index in [4.69, 9.17) is 5.14 Å². The minimum Gasteiger partial charge on any atom is -0.346 e. The number of nitrogens with two attached hydrogens (primary N) is 1. The SMILES string of the molecule is NS(=O)(=O)c1ccc(CCNC(=O)Nc2cnc3[nH]ccc3c2)cc1. The topological polar surface area (TPSA) is 130 Å². The molecule has 5 N–H and O–H groups in total. The second-order valence-electron chi connectivity index (χ2n) is 5.46. The van der Waals surface area contributed by atoms with Crippen LogP contribution in [0.25, 0.3) is 11.0 Å². The largest absolute Gasteiger partial charge is 0.346 e. The highest BCUT2D eigenvalue weighted by Gasteiger charge is 2.07. The molecule has 2 aromatic heterocycles. The first-order valence-electron chi connectivity index (χ1n) is 7.51. The molecule has 2 heterocycles. The number of urea groups is 1. The van der Waals surface area contributed by atoms with Crippen molar-refractivity contribution in [2.75, 3.05) is 11.9 Å². The fourth-order valence-corrected chi connectivity index (χ4v) is 2.87. The highest BCUT2D eigenvalue weighted by molar-refractivity contribution is 7.89. The number of aromatic nitrogens is 2. The molecule has 3 aromatic rings. The van der Waals surface area contributed by atoms with E-state index in [9.17, 15) is 13.2 Å². The van der Waals surface area contributed by atoms with Crippen LogP contribution in [0.5, 0.6) is 0 Å². The van der Waals surface area contributed by atoms with Crippen molar-refractivity contribution in [3.05, 3.63) is 54.4 Å². The molecule has 25 heavy (non-hydrogen) atoms. The number of nitrogens with zero attached hydrogens (tertiary/aromatic N) is 1. The van der Waals surface area contributed by atoms with E-state index in [0.29, 0.717) is 18.7 Å². The van der Waals surface area contributed by atoms with Gasteiger partial charge in [-0.05, 0) is 36.2 Å². The van der Waals surface area contributed by atoms with Crippen molar-refractivity contribution in [2.24, 2.45) is 5.14 Å². The van der Waals surface area contributed by atoms with Crippen molar-refractivity contribution >= 4 is 32.8 Å². The van der Waals surface area contributed by atoms with Gasteiger partial charge in [0, 0.05) is 18.1 Å². The summed E-state index contributed by atoms with van der Waals surface area (Å²) >= 11 is 0. The first kappa shape index (κ1) is 16.9. The molecule has 0 aliphatic rings. The fourth-order valence-electron chi connectivity index (χ4n) is 2.35. The van der Waals surface area contributed by atoms with E-state index in [1.807, 2.05) is 12.1 Å². The number of sulfonamides is 1. The van der Waals surface area contributed by atoms with Crippen molar-refractivity contribution in [1.82, 2.24) is 15.3 Å². The predicted molar refractivity (Wildman–Crippen MR) is 94.6 cm³/mol. The molecule has 0 fully saturated rings. The smallest absolute Gasteiger partial charge is 0.319 e. The molecular formula is C16H17N5O3S. The Balaban J connectivity index is 1.50. The van der Waals surface area contributed by atoms with Crippen LogP contribution in [0.2, 0.25) is 0 Å². The molecule has 3 rings (SSSR count). The zero-order valence-electron chi connectivity index (χ0n) is 13.2. The number of amides is 2. The minimum atomic E-state index is -3.69. The van der Waals surface area contributed by atoms with Crippen molar-refractivity contribution < 1.29 is 13.2 Å². The number of benzene rings is 1. The molecular weight excluding hydrogens is 342 g/mol. The third-order valence-corrected chi connectivity index (χ3v) is 4.54. The summed E-state index contributed by atoms with van der Waals surface area (Å²) in [6.07, 6.45) is 3.92. The summed E-state index contributed by atoms with van der Waals surface area (Å²) in [5, 5.41) is 11.4. The molecule has 0 bridgehead atoms. The maximum absolute atomic E-state index is 11.9. The molecule has 1 aromatic carbocycles. The van der Waals surface area contributed by atoms with Crippen LogP contribution in [-0.2, 0) is 16.4 Å². The van der Waals surface area contributed by atoms with Gasteiger partial charge in [0.15, 0.2) is 0 Å². The molecule has 0 aliphatic carbocycles. The highest BCUT2D eigenvalue weighted by Crippen LogP contribution is 2.14. The molecule has 2 amide bonds. The Morgan fingerprint density at radius 3 is 2.68 bits per heavy atom. The maximum atomic E-state index is 11.9. The summed E-state index contributed by atoms with van der Waals surface area (Å²) in [7, 11) is -3.69. The number of primary sulfonamides is 1. The van der Waals surface area contributed by atoms with Gasteiger partial charge in [-0.2, -0.15) is 0 Å². The average molecular weight is 359 g/mol. The van der Waals surface area contributed by atoms with Gasteiger partial charge in [0.1, 0.15) is 5.65 Å². The number of rotatable bonds is 5. The van der Waals surface area contributed by atoms with Gasteiger partial charge in [0.25, 0.3) is 0 Å². The third kappa shape index (κ3) is 4.34. The van der Waals surface area contributed by atoms with E-state index >= 15 is 0 Å². The summed E-state index contributed by atoms with van der Waals surface area (Å²) in [5.41, 5.74) is 2.25. The lowest BCUT2D eigenvalue weighted by Gasteiger charge is -2.08. The van der Waals surface area contributed by atoms with Crippen LogP contribution in [0.1, 0.15) is 5.56 Å². The molecule has 0 unspecified atom stereocenters. The lowest BCUT2D eigenvalue weighted by atomic mass is 10.1. The van der Waals surface area contributed by atoms with E-state index in [-0.39, 0.29) is 10.9 Å². The van der Waals surface area contributed by atoms with Crippen LogP contribution in [-0.4, -0.2) is 31.0 Å². The van der Waals surface area contributed by atoms with Gasteiger partial charge >= 0.3 is 6.03 Å². The first-order valence-corrected chi connectivity index (χ1v) is 9.06. The van der Waals surface area contributed by atoms with Crippen LogP contribution >= 0.6 is 0 Å². The van der Waals surface area contributed by atoms with Crippen LogP contribution in [0.3, 0.4) is 0 Å². The predicted octanol–water partition coefficient (Wildman–Crippen LogP) is 1.57. The van der Waals surface area contributed by atoms with E-state index in [2.05, 4.69) is 20.6 Å². The van der Waals surface area contributed by atoms with Gasteiger partial charge in [-0.3, -0.25) is 0 Å². The Hall–Kier alpha value is -2.91. The van der Waals surface area contributed by atoms with E-state index in [1.54, 1.807) is 24.5 Å². The Labute approximate surface area is 144 Å². The second-order valence-corrected chi connectivity index (χ2v) is 7.02. The number of fused-ring (bicyclic) bond motifs is 1. The average Bonchev–Trinajstić information content (AvgIpc) is 3.02. The molecule has 9 heteroatoms. The van der Waals surface area contributed by atoms with Crippen LogP contribution in [0.4, 0.5) is 10.5 Å². The van der Waals surface area contributed by atoms with Crippen molar-refractivity contribution in [3.63, 3.8) is 0 Å². The Morgan fingerprint density at radius 2 is 1.96 bits per heavy atom. The Morgan fingerprint density at radius 1 is 1.20 bits per heavy atom. The standard InChI is InChI=1S/C16H17N5O3S/c17-25(23,24)14-3-1-11(2-4-14)5-7-19-16(22)21-13-9-12-6-8-18-15(12)20-10-13/h1-4,6,8-10H,5,7H2,(H,18,20)(H2,17,23,24)(H2,19,21,22). The third-order valence-electron chi connectivity index (χ3n) is 3.61. The number of hydrogen-bond donors (Lipinski definition) is 4. The van der Waals surface area contributed by atoms with Gasteiger partial charge in [-0.15, -0.1) is 0 Å². The zero-order valence-corrected chi connectivity index (χ0v) is 14.0. The quantitative estimate of drug-likeness (QED) is 0.551. The van der Waals surface area contributed by atoms with Crippen molar-refractivity contribution in [3.8, 4) is 0 Å². The number of H-pyrrole nitrogens is 1. The fraction of sp³-hybridized carbons (Fsp3) is 0.125. The Bertz CT molecular complexity index is 996. The molecule has 0 atom stereocenters. The minimum absolute atomic E-state index is 0.0644. The van der Waals surface area contributed by atoms with E-state index < -0.39 is 10.0 Å². The lowest BCUT2D eigenvalue weighted by Crippen LogP contribution is -2.30. The molecule has 0 saturated heterocycles. The van der Waals surface area contributed by atoms with Crippen molar-refractivity contribution in [2.45, 2.75) is 11.3 Å². The van der Waals surface area contributed by atoms with E-state index in [1.165, 1.54) is 12.1 Å². The molecule has 0 saturated carbocycles. The maximum Gasteiger partial charge on any atom is 0.319 e. The highest BCUT2D eigenvalue weighted by atomic mass is 32.2. The van der Waals surface area contributed by atoms with E-state index in [0.717, 1.165) is 16.6 Å². The number of carbonyl (C=O) groups excluding carboxylic acids is 1. The zero-order chi connectivity index (χ0) is 17.9. The first-order chi connectivity index (χ1) is 11.9. The monoisotopic (exact) mass is 359 g/mol. The van der Waals surface area contributed by atoms with Crippen molar-refractivity contribution in [1.29, 1.82) is 0 Å². The summed E-state index contributed by atoms with van der Waals surface area (Å²) in [6.45, 7) is 0.403. The molecule has 8 nitrogen and oxygen atoms in total. The number of aromatic amines is 1. The Kier molecular flexibility index (Phi) is 4.68. The van der Waals surface area contributed by atoms with Crippen LogP contribution in [0.15, 0.2) is 53.7 Å². The van der Waals surface area contributed by atoms with Gasteiger partial charge in [-0.1, -0.05) is 12.1 Å². The van der Waals surface area contributed by atoms with Crippen LogP contribution < -0.4 is 15.8 Å². The summed E-state index contributed by atoms with van der Waals surface area (Å²) in [6, 6.07) is 9.59. The lowest BCUT2D eigenvalue weighted by molar-refractivity contribution is 0.252. The van der Waals surface area contributed by atoms with Gasteiger partial charge in [0.05, 0.1) is 16.8 Å². The molecule has 0 radical (unpaired) electrons. The second kappa shape index (κ2) is 6.91. The summed E-state index contributed by atoms with van der Waals surface area (Å²) in [5.74, 6) is 0. The van der Waals surface area contributed by atoms with Gasteiger partial charge in [-0.25, -0.2) is 23.3 Å². The molecule has 0 aliphatic heterocycles. The number of anilines is 1. The number of nitrogens with one attached hydrogen (secondary N) is 3. The molecule has 130 valence electrons. The summed E-state index contributed by atoms with van der Waals surface area (Å²) in [4.78, 5) is 19.1. The van der Waals surface area contributed by atoms with Gasteiger partial charge < -0.3 is 15.6 Å². The number of pyridine rings is 1. The normalized spacial score (nSPS) is 11.4. The summed E-state index contributed by atoms with van der Waals surface area (Å²) < 4.78 is 22.4. The van der Waals surface area contributed by atoms with Gasteiger partial charge in [0.2, 0.25) is 10.0 Å². The molecule has 0 spiro atoms. The number of hydrogen-bond acceptors (Lipinski definition) is 4. The van der Waals surface area contributed by atoms with Crippen LogP contribution in [0, 0.1) is 0 Å².